The molecule has 0 saturated heterocycles. The van der Waals surface area contributed by atoms with Crippen molar-refractivity contribution in [2.45, 2.75) is 44.8 Å². The summed E-state index contributed by atoms with van der Waals surface area (Å²) in [7, 11) is 0. The topological polar surface area (TPSA) is 41.5 Å². The molecule has 136 valence electrons. The van der Waals surface area contributed by atoms with Crippen molar-refractivity contribution in [2.75, 3.05) is 13.2 Å². The van der Waals surface area contributed by atoms with Crippen molar-refractivity contribution in [3.8, 4) is 5.75 Å². The molecule has 3 nitrogen and oxygen atoms in total. The van der Waals surface area contributed by atoms with Gasteiger partial charge in [0.25, 0.3) is 0 Å². The molecule has 3 rings (SSSR count). The number of aryl methyl sites for hydroxylation is 1. The zero-order chi connectivity index (χ0) is 17.6. The van der Waals surface area contributed by atoms with E-state index in [1.807, 2.05) is 19.1 Å². The van der Waals surface area contributed by atoms with Gasteiger partial charge in [-0.3, -0.25) is 0 Å². The van der Waals surface area contributed by atoms with E-state index in [1.54, 1.807) is 17.4 Å². The second kappa shape index (κ2) is 9.04. The number of hydrogen-bond acceptors (Lipinski definition) is 4. The third-order valence-corrected chi connectivity index (χ3v) is 6.05. The van der Waals surface area contributed by atoms with Crippen LogP contribution in [0.25, 0.3) is 0 Å². The minimum absolute atomic E-state index is 0.275. The number of thiophene rings is 1. The van der Waals surface area contributed by atoms with Crippen molar-refractivity contribution in [1.82, 2.24) is 5.32 Å². The third-order valence-electron chi connectivity index (χ3n) is 4.86. The Morgan fingerprint density at radius 3 is 2.80 bits per heavy atom. The Balaban J connectivity index is 1.52. The van der Waals surface area contributed by atoms with Crippen molar-refractivity contribution >= 4 is 22.9 Å². The van der Waals surface area contributed by atoms with E-state index in [0.717, 1.165) is 11.3 Å². The highest BCUT2D eigenvalue weighted by Gasteiger charge is 2.27. The average molecular weight is 380 g/mol. The Morgan fingerprint density at radius 1 is 1.32 bits per heavy atom. The number of hydrogen-bond donors (Lipinski definition) is 2. The van der Waals surface area contributed by atoms with Crippen LogP contribution in [0.1, 0.15) is 42.2 Å². The maximum atomic E-state index is 10.3. The number of ether oxygens (including phenoxy) is 1. The van der Waals surface area contributed by atoms with E-state index in [9.17, 15) is 5.11 Å². The van der Waals surface area contributed by atoms with Gasteiger partial charge in [0.1, 0.15) is 18.5 Å². The lowest BCUT2D eigenvalue weighted by Gasteiger charge is -2.25. The Bertz CT molecular complexity index is 656. The number of nitrogens with one attached hydrogen (secondary N) is 1. The molecule has 1 saturated carbocycles. The molecule has 1 fully saturated rings. The molecule has 2 aromatic rings. The molecular formula is C20H26ClNO2S. The van der Waals surface area contributed by atoms with Gasteiger partial charge in [0.2, 0.25) is 0 Å². The highest BCUT2D eigenvalue weighted by molar-refractivity contribution is 7.10. The van der Waals surface area contributed by atoms with E-state index in [-0.39, 0.29) is 6.61 Å². The summed E-state index contributed by atoms with van der Waals surface area (Å²) in [6.07, 6.45) is 4.63. The number of aliphatic hydroxyl groups excluding tert-OH is 1. The molecule has 1 heterocycles. The first-order chi connectivity index (χ1) is 12.1. The molecule has 5 heteroatoms. The molecule has 0 amide bonds. The van der Waals surface area contributed by atoms with Gasteiger partial charge in [-0.15, -0.1) is 11.3 Å². The van der Waals surface area contributed by atoms with E-state index in [2.05, 4.69) is 22.8 Å². The molecule has 25 heavy (non-hydrogen) atoms. The fraction of sp³-hybridized carbons (Fsp3) is 0.500. The zero-order valence-corrected chi connectivity index (χ0v) is 16.2. The predicted octanol–water partition coefficient (Wildman–Crippen LogP) is 4.97. The molecule has 1 aromatic carbocycles. The first-order valence-corrected chi connectivity index (χ1v) is 10.2. The van der Waals surface area contributed by atoms with Gasteiger partial charge in [-0.05, 0) is 60.9 Å². The molecule has 0 radical (unpaired) electrons. The lowest BCUT2D eigenvalue weighted by Crippen LogP contribution is -2.36. The van der Waals surface area contributed by atoms with Crippen molar-refractivity contribution in [1.29, 1.82) is 0 Å². The highest BCUT2D eigenvalue weighted by atomic mass is 35.5. The summed E-state index contributed by atoms with van der Waals surface area (Å²) in [6.45, 7) is 2.77. The maximum absolute atomic E-state index is 10.3. The monoisotopic (exact) mass is 379 g/mol. The van der Waals surface area contributed by atoms with Gasteiger partial charge < -0.3 is 15.2 Å². The summed E-state index contributed by atoms with van der Waals surface area (Å²) in [6, 6.07) is 10.2. The minimum atomic E-state index is -0.543. The molecule has 0 aliphatic heterocycles. The summed E-state index contributed by atoms with van der Waals surface area (Å²) >= 11 is 7.76. The van der Waals surface area contributed by atoms with Crippen LogP contribution in [0.2, 0.25) is 5.02 Å². The summed E-state index contributed by atoms with van der Waals surface area (Å²) in [5, 5.41) is 16.7. The third kappa shape index (κ3) is 5.20. The van der Waals surface area contributed by atoms with E-state index >= 15 is 0 Å². The smallest absolute Gasteiger partial charge is 0.122 e. The van der Waals surface area contributed by atoms with Crippen LogP contribution < -0.4 is 10.1 Å². The Morgan fingerprint density at radius 2 is 2.12 bits per heavy atom. The van der Waals surface area contributed by atoms with Gasteiger partial charge in [-0.25, -0.2) is 0 Å². The summed E-state index contributed by atoms with van der Waals surface area (Å²) < 4.78 is 5.76. The average Bonchev–Trinajstić information content (AvgIpc) is 3.28. The minimum Gasteiger partial charge on any atom is -0.491 e. The quantitative estimate of drug-likeness (QED) is 0.680. The van der Waals surface area contributed by atoms with Crippen LogP contribution in [0.15, 0.2) is 35.7 Å². The fourth-order valence-electron chi connectivity index (χ4n) is 3.54. The maximum Gasteiger partial charge on any atom is 0.122 e. The second-order valence-corrected chi connectivity index (χ2v) is 8.24. The predicted molar refractivity (Wildman–Crippen MR) is 105 cm³/mol. The molecule has 0 spiro atoms. The van der Waals surface area contributed by atoms with Crippen LogP contribution in [-0.4, -0.2) is 24.4 Å². The standard InChI is InChI=1S/C20H26ClNO2S/c1-14-11-16(21)8-9-18(14)24-13-17(23)12-22-20(15-5-2-3-6-15)19-7-4-10-25-19/h4,7-11,15,17,20,22-23H,2-3,5-6,12-13H2,1H3. The fourth-order valence-corrected chi connectivity index (χ4v) is 4.66. The molecule has 0 bridgehead atoms. The second-order valence-electron chi connectivity index (χ2n) is 6.82. The van der Waals surface area contributed by atoms with Gasteiger partial charge >= 0.3 is 0 Å². The molecular weight excluding hydrogens is 354 g/mol. The first-order valence-electron chi connectivity index (χ1n) is 8.97. The van der Waals surface area contributed by atoms with Crippen molar-refractivity contribution in [2.24, 2.45) is 5.92 Å². The Labute approximate surface area is 159 Å². The normalized spacial score (nSPS) is 17.6. The summed E-state index contributed by atoms with van der Waals surface area (Å²) in [5.74, 6) is 1.44. The number of halogens is 1. The first kappa shape index (κ1) is 18.7. The zero-order valence-electron chi connectivity index (χ0n) is 14.6. The van der Waals surface area contributed by atoms with Crippen LogP contribution in [0.4, 0.5) is 0 Å². The van der Waals surface area contributed by atoms with Crippen molar-refractivity contribution < 1.29 is 9.84 Å². The Kier molecular flexibility index (Phi) is 6.77. The van der Waals surface area contributed by atoms with E-state index < -0.39 is 6.10 Å². The lowest BCUT2D eigenvalue weighted by atomic mass is 9.96. The lowest BCUT2D eigenvalue weighted by molar-refractivity contribution is 0.101. The van der Waals surface area contributed by atoms with Gasteiger partial charge in [0, 0.05) is 22.5 Å². The largest absolute Gasteiger partial charge is 0.491 e. The molecule has 2 unspecified atom stereocenters. The van der Waals surface area contributed by atoms with Crippen LogP contribution in [0.3, 0.4) is 0 Å². The van der Waals surface area contributed by atoms with Crippen LogP contribution in [0, 0.1) is 12.8 Å². The van der Waals surface area contributed by atoms with E-state index in [0.29, 0.717) is 23.5 Å². The van der Waals surface area contributed by atoms with Gasteiger partial charge in [0.05, 0.1) is 0 Å². The molecule has 1 aliphatic rings. The SMILES string of the molecule is Cc1cc(Cl)ccc1OCC(O)CNC(c1cccs1)C1CCCC1. The number of aliphatic hydroxyl groups is 1. The van der Waals surface area contributed by atoms with Crippen molar-refractivity contribution in [3.05, 3.63) is 51.2 Å². The van der Waals surface area contributed by atoms with E-state index in [4.69, 9.17) is 16.3 Å². The molecule has 2 atom stereocenters. The highest BCUT2D eigenvalue weighted by Crippen LogP contribution is 2.37. The van der Waals surface area contributed by atoms with Crippen LogP contribution in [-0.2, 0) is 0 Å². The van der Waals surface area contributed by atoms with Gasteiger partial charge in [0.15, 0.2) is 0 Å². The summed E-state index contributed by atoms with van der Waals surface area (Å²) in [4.78, 5) is 1.37. The summed E-state index contributed by atoms with van der Waals surface area (Å²) in [5.41, 5.74) is 0.982. The van der Waals surface area contributed by atoms with Gasteiger partial charge in [-0.1, -0.05) is 30.5 Å². The number of rotatable bonds is 8. The molecule has 2 N–H and O–H groups in total. The Hall–Kier alpha value is -1.07. The number of benzene rings is 1. The van der Waals surface area contributed by atoms with Crippen LogP contribution in [0.5, 0.6) is 5.75 Å². The molecule has 1 aromatic heterocycles. The molecule has 1 aliphatic carbocycles. The van der Waals surface area contributed by atoms with Crippen LogP contribution >= 0.6 is 22.9 Å². The van der Waals surface area contributed by atoms with Crippen molar-refractivity contribution in [3.63, 3.8) is 0 Å². The van der Waals surface area contributed by atoms with E-state index in [1.165, 1.54) is 30.6 Å². The van der Waals surface area contributed by atoms with Gasteiger partial charge in [-0.2, -0.15) is 0 Å².